The van der Waals surface area contributed by atoms with Crippen molar-refractivity contribution in [2.45, 2.75) is 38.9 Å². The summed E-state index contributed by atoms with van der Waals surface area (Å²) in [4.78, 5) is 15.0. The van der Waals surface area contributed by atoms with Gasteiger partial charge in [-0.25, -0.2) is 4.79 Å². The first-order valence-corrected chi connectivity index (χ1v) is 8.42. The van der Waals surface area contributed by atoms with Gasteiger partial charge in [0.15, 0.2) is 5.82 Å². The molecule has 22 heavy (non-hydrogen) atoms. The topological polar surface area (TPSA) is 63.1 Å². The summed E-state index contributed by atoms with van der Waals surface area (Å²) in [6.07, 6.45) is 2.07. The first-order chi connectivity index (χ1) is 10.5. The lowest BCUT2D eigenvalue weighted by Gasteiger charge is -2.20. The van der Waals surface area contributed by atoms with Crippen LogP contribution in [0.15, 0.2) is 12.1 Å². The molecule has 1 aliphatic rings. The molecule has 0 aliphatic carbocycles. The number of nitrogens with zero attached hydrogens (tertiary/aromatic N) is 4. The Labute approximate surface area is 138 Å². The third-order valence-corrected chi connectivity index (χ3v) is 5.19. The van der Waals surface area contributed by atoms with E-state index in [0.29, 0.717) is 6.54 Å². The largest absolute Gasteiger partial charge is 0.331 e. The van der Waals surface area contributed by atoms with E-state index in [1.165, 1.54) is 11.3 Å². The number of amides is 2. The fourth-order valence-electron chi connectivity index (χ4n) is 2.54. The molecular formula is C14H18ClN5OS. The van der Waals surface area contributed by atoms with Crippen LogP contribution in [0.5, 0.6) is 0 Å². The molecule has 2 aromatic heterocycles. The minimum atomic E-state index is -0.132. The fraction of sp³-hybridized carbons (Fsp3) is 0.500. The number of thiophene rings is 1. The number of hydrogen-bond donors (Lipinski definition) is 1. The molecule has 6 nitrogen and oxygen atoms in total. The Morgan fingerprint density at radius 2 is 2.36 bits per heavy atom. The molecule has 3 rings (SSSR count). The van der Waals surface area contributed by atoms with Gasteiger partial charge in [-0.05, 0) is 25.5 Å². The molecule has 0 aromatic carbocycles. The van der Waals surface area contributed by atoms with Gasteiger partial charge in [0.1, 0.15) is 5.82 Å². The van der Waals surface area contributed by atoms with Crippen molar-refractivity contribution in [3.05, 3.63) is 33.0 Å². The third-order valence-electron chi connectivity index (χ3n) is 3.77. The summed E-state index contributed by atoms with van der Waals surface area (Å²) in [5, 5.41) is 11.3. The summed E-state index contributed by atoms with van der Waals surface area (Å²) in [7, 11) is 1.76. The number of aromatic nitrogens is 3. The van der Waals surface area contributed by atoms with E-state index in [2.05, 4.69) is 20.1 Å². The van der Waals surface area contributed by atoms with Gasteiger partial charge in [-0.15, -0.1) is 21.5 Å². The number of carbonyl (C=O) groups excluding carboxylic acids is 1. The molecule has 118 valence electrons. The van der Waals surface area contributed by atoms with E-state index in [-0.39, 0.29) is 12.1 Å². The Balaban J connectivity index is 1.59. The van der Waals surface area contributed by atoms with Crippen molar-refractivity contribution in [1.29, 1.82) is 0 Å². The number of halogens is 1. The second kappa shape index (κ2) is 6.26. The summed E-state index contributed by atoms with van der Waals surface area (Å²) < 4.78 is 2.83. The number of nitrogens with one attached hydrogen (secondary N) is 1. The SMILES string of the molecule is C[C@@H](NC(=O)N(C)Cc1nnc2n1CCC2)c1ccc(Cl)s1. The lowest BCUT2D eigenvalue weighted by molar-refractivity contribution is 0.202. The van der Waals surface area contributed by atoms with Crippen molar-refractivity contribution in [1.82, 2.24) is 25.0 Å². The minimum Gasteiger partial charge on any atom is -0.331 e. The van der Waals surface area contributed by atoms with E-state index in [4.69, 9.17) is 11.6 Å². The molecule has 1 aliphatic heterocycles. The number of urea groups is 1. The number of hydrogen-bond acceptors (Lipinski definition) is 4. The van der Waals surface area contributed by atoms with Crippen molar-refractivity contribution in [3.63, 3.8) is 0 Å². The highest BCUT2D eigenvalue weighted by Crippen LogP contribution is 2.26. The van der Waals surface area contributed by atoms with Crippen LogP contribution in [0.25, 0.3) is 0 Å². The van der Waals surface area contributed by atoms with Gasteiger partial charge in [0.05, 0.1) is 16.9 Å². The van der Waals surface area contributed by atoms with Gasteiger partial charge < -0.3 is 14.8 Å². The highest BCUT2D eigenvalue weighted by molar-refractivity contribution is 7.16. The second-order valence-corrected chi connectivity index (χ2v) is 7.20. The maximum Gasteiger partial charge on any atom is 0.318 e. The van der Waals surface area contributed by atoms with E-state index in [9.17, 15) is 4.79 Å². The van der Waals surface area contributed by atoms with Crippen LogP contribution >= 0.6 is 22.9 Å². The van der Waals surface area contributed by atoms with E-state index >= 15 is 0 Å². The first-order valence-electron chi connectivity index (χ1n) is 7.22. The Hall–Kier alpha value is -1.60. The van der Waals surface area contributed by atoms with Crippen LogP contribution in [-0.2, 0) is 19.5 Å². The molecule has 0 radical (unpaired) electrons. The Bertz CT molecular complexity index is 683. The van der Waals surface area contributed by atoms with Gasteiger partial charge >= 0.3 is 6.03 Å². The summed E-state index contributed by atoms with van der Waals surface area (Å²) in [5.41, 5.74) is 0. The molecule has 0 bridgehead atoms. The van der Waals surface area contributed by atoms with E-state index < -0.39 is 0 Å². The Morgan fingerprint density at radius 1 is 1.55 bits per heavy atom. The number of carbonyl (C=O) groups is 1. The fourth-order valence-corrected chi connectivity index (χ4v) is 3.60. The lowest BCUT2D eigenvalue weighted by atomic mass is 10.3. The normalized spacial score (nSPS) is 14.7. The Kier molecular flexibility index (Phi) is 4.35. The smallest absolute Gasteiger partial charge is 0.318 e. The predicted octanol–water partition coefficient (Wildman–Crippen LogP) is 2.84. The summed E-state index contributed by atoms with van der Waals surface area (Å²) in [6, 6.07) is 3.57. The van der Waals surface area contributed by atoms with Crippen LogP contribution in [0, 0.1) is 0 Å². The second-order valence-electron chi connectivity index (χ2n) is 5.46. The van der Waals surface area contributed by atoms with Crippen LogP contribution in [0.3, 0.4) is 0 Å². The van der Waals surface area contributed by atoms with Gasteiger partial charge in [0.25, 0.3) is 0 Å². The van der Waals surface area contributed by atoms with Crippen molar-refractivity contribution in [3.8, 4) is 0 Å². The molecule has 0 saturated heterocycles. The maximum atomic E-state index is 12.3. The van der Waals surface area contributed by atoms with Gasteiger partial charge in [-0.3, -0.25) is 0 Å². The van der Waals surface area contributed by atoms with E-state index in [1.807, 2.05) is 19.1 Å². The van der Waals surface area contributed by atoms with Gasteiger partial charge in [0.2, 0.25) is 0 Å². The molecule has 1 atom stereocenters. The van der Waals surface area contributed by atoms with Gasteiger partial charge in [-0.2, -0.15) is 0 Å². The molecule has 0 unspecified atom stereocenters. The number of rotatable bonds is 4. The molecule has 3 heterocycles. The van der Waals surface area contributed by atoms with Crippen LogP contribution in [0.4, 0.5) is 4.79 Å². The van der Waals surface area contributed by atoms with Crippen LogP contribution in [0.2, 0.25) is 4.34 Å². The molecule has 2 aromatic rings. The standard InChI is InChI=1S/C14H18ClN5OS/c1-9(10-5-6-11(15)22-10)16-14(21)19(2)8-13-18-17-12-4-3-7-20(12)13/h5-6,9H,3-4,7-8H2,1-2H3,(H,16,21)/t9-/m1/s1. The van der Waals surface area contributed by atoms with E-state index in [0.717, 1.165) is 40.2 Å². The molecule has 1 N–H and O–H groups in total. The Morgan fingerprint density at radius 3 is 3.09 bits per heavy atom. The van der Waals surface area contributed by atoms with Crippen LogP contribution in [-0.4, -0.2) is 32.7 Å². The van der Waals surface area contributed by atoms with E-state index in [1.54, 1.807) is 11.9 Å². The molecule has 2 amide bonds. The zero-order valence-corrected chi connectivity index (χ0v) is 14.1. The van der Waals surface area contributed by atoms with Crippen LogP contribution < -0.4 is 5.32 Å². The maximum absolute atomic E-state index is 12.3. The van der Waals surface area contributed by atoms with Crippen LogP contribution in [0.1, 0.15) is 35.9 Å². The summed E-state index contributed by atoms with van der Waals surface area (Å²) >= 11 is 7.41. The quantitative estimate of drug-likeness (QED) is 0.931. The highest BCUT2D eigenvalue weighted by atomic mass is 35.5. The average molecular weight is 340 g/mol. The van der Waals surface area contributed by atoms with Gasteiger partial charge in [0, 0.05) is 24.9 Å². The molecule has 0 fully saturated rings. The molecule has 8 heteroatoms. The van der Waals surface area contributed by atoms with Crippen molar-refractivity contribution in [2.75, 3.05) is 7.05 Å². The highest BCUT2D eigenvalue weighted by Gasteiger charge is 2.21. The zero-order valence-electron chi connectivity index (χ0n) is 12.5. The third kappa shape index (κ3) is 3.10. The zero-order chi connectivity index (χ0) is 15.7. The molecule has 0 saturated carbocycles. The minimum absolute atomic E-state index is 0.0726. The van der Waals surface area contributed by atoms with Gasteiger partial charge in [-0.1, -0.05) is 11.6 Å². The molecule has 0 spiro atoms. The first kappa shape index (κ1) is 15.3. The number of aryl methyl sites for hydroxylation is 1. The molecular weight excluding hydrogens is 322 g/mol. The predicted molar refractivity (Wildman–Crippen MR) is 86.1 cm³/mol. The number of fused-ring (bicyclic) bond motifs is 1. The monoisotopic (exact) mass is 339 g/mol. The average Bonchev–Trinajstić information content (AvgIpc) is 3.17. The summed E-state index contributed by atoms with van der Waals surface area (Å²) in [5.74, 6) is 1.86. The lowest BCUT2D eigenvalue weighted by Crippen LogP contribution is -2.38. The van der Waals surface area contributed by atoms with Crippen molar-refractivity contribution in [2.24, 2.45) is 0 Å². The van der Waals surface area contributed by atoms with Crippen molar-refractivity contribution >= 4 is 29.0 Å². The van der Waals surface area contributed by atoms with Crippen molar-refractivity contribution < 1.29 is 4.79 Å². The summed E-state index contributed by atoms with van der Waals surface area (Å²) in [6.45, 7) is 3.34.